The first-order chi connectivity index (χ1) is 12.6. The van der Waals surface area contributed by atoms with Gasteiger partial charge in [0, 0.05) is 17.8 Å². The van der Waals surface area contributed by atoms with Crippen molar-refractivity contribution in [3.8, 4) is 0 Å². The molecule has 3 rings (SSSR count). The average molecular weight is 396 g/mol. The molecule has 0 radical (unpaired) electrons. The van der Waals surface area contributed by atoms with E-state index in [-0.39, 0.29) is 36.2 Å². The van der Waals surface area contributed by atoms with Gasteiger partial charge in [0.15, 0.2) is 0 Å². The smallest absolute Gasteiger partial charge is 0.328 e. The number of benzene rings is 1. The van der Waals surface area contributed by atoms with Gasteiger partial charge in [-0.2, -0.15) is 0 Å². The molecule has 1 aromatic rings. The molecule has 148 valence electrons. The second-order valence-corrected chi connectivity index (χ2v) is 6.75. The number of rotatable bonds is 4. The summed E-state index contributed by atoms with van der Waals surface area (Å²) in [5.41, 5.74) is 1.04. The van der Waals surface area contributed by atoms with Gasteiger partial charge in [-0.15, -0.1) is 12.4 Å². The Kier molecular flexibility index (Phi) is 7.62. The van der Waals surface area contributed by atoms with E-state index in [0.717, 1.165) is 32.2 Å². The number of hydrogen-bond donors (Lipinski definition) is 2. The summed E-state index contributed by atoms with van der Waals surface area (Å²) in [5, 5.41) is 6.02. The quantitative estimate of drug-likeness (QED) is 0.761. The summed E-state index contributed by atoms with van der Waals surface area (Å²) in [6, 6.07) is 6.15. The molecule has 1 aromatic carbocycles. The molecule has 2 aliphatic heterocycles. The van der Waals surface area contributed by atoms with Gasteiger partial charge >= 0.3 is 5.97 Å². The van der Waals surface area contributed by atoms with Gasteiger partial charge in [-0.25, -0.2) is 4.79 Å². The highest BCUT2D eigenvalue weighted by molar-refractivity contribution is 6.00. The summed E-state index contributed by atoms with van der Waals surface area (Å²) in [7, 11) is 1.34. The lowest BCUT2D eigenvalue weighted by Crippen LogP contribution is -2.48. The molecular weight excluding hydrogens is 370 g/mol. The lowest BCUT2D eigenvalue weighted by molar-refractivity contribution is -0.147. The van der Waals surface area contributed by atoms with Crippen molar-refractivity contribution in [2.75, 3.05) is 25.5 Å². The minimum absolute atomic E-state index is 0. The van der Waals surface area contributed by atoms with Gasteiger partial charge in [0.05, 0.1) is 13.2 Å². The van der Waals surface area contributed by atoms with Gasteiger partial charge < -0.3 is 20.3 Å². The number of hydrogen-bond acceptors (Lipinski definition) is 5. The van der Waals surface area contributed by atoms with E-state index in [0.29, 0.717) is 24.2 Å². The molecule has 0 bridgehead atoms. The third-order valence-corrected chi connectivity index (χ3v) is 4.99. The molecule has 2 atom stereocenters. The van der Waals surface area contributed by atoms with Crippen molar-refractivity contribution < 1.29 is 19.1 Å². The van der Waals surface area contributed by atoms with E-state index in [1.807, 2.05) is 0 Å². The molecule has 2 fully saturated rings. The van der Waals surface area contributed by atoms with Gasteiger partial charge in [-0.1, -0.05) is 6.07 Å². The van der Waals surface area contributed by atoms with Crippen LogP contribution in [0.3, 0.4) is 0 Å². The second kappa shape index (κ2) is 9.71. The number of likely N-dealkylation sites (tertiary alicyclic amines) is 1. The third kappa shape index (κ3) is 4.99. The lowest BCUT2D eigenvalue weighted by Gasteiger charge is -2.33. The number of nitrogens with zero attached hydrogens (tertiary/aromatic N) is 1. The summed E-state index contributed by atoms with van der Waals surface area (Å²) in [4.78, 5) is 38.7. The number of methoxy groups -OCH3 is 1. The standard InChI is InChI=1S/C19H25N3O4.ClH/c1-26-19(25)16-9-2-3-11-22(16)18(24)13-6-4-7-14(12-13)21-17(23)15-8-5-10-20-15;/h4,6-7,12,15-16,20H,2-3,5,8-11H2,1H3,(H,21,23);1H. The van der Waals surface area contributed by atoms with Crippen LogP contribution in [0.15, 0.2) is 24.3 Å². The van der Waals surface area contributed by atoms with Crippen LogP contribution in [0.5, 0.6) is 0 Å². The highest BCUT2D eigenvalue weighted by atomic mass is 35.5. The monoisotopic (exact) mass is 395 g/mol. The predicted octanol–water partition coefficient (Wildman–Crippen LogP) is 1.97. The molecule has 2 amide bonds. The van der Waals surface area contributed by atoms with Crippen LogP contribution in [-0.4, -0.2) is 55.0 Å². The maximum Gasteiger partial charge on any atom is 0.328 e. The Hall–Kier alpha value is -2.12. The van der Waals surface area contributed by atoms with E-state index in [4.69, 9.17) is 4.74 Å². The zero-order valence-corrected chi connectivity index (χ0v) is 16.2. The molecule has 2 N–H and O–H groups in total. The topological polar surface area (TPSA) is 87.7 Å². The van der Waals surface area contributed by atoms with Crippen molar-refractivity contribution in [3.63, 3.8) is 0 Å². The molecule has 2 heterocycles. The Morgan fingerprint density at radius 2 is 2.00 bits per heavy atom. The van der Waals surface area contributed by atoms with Crippen LogP contribution >= 0.6 is 12.4 Å². The summed E-state index contributed by atoms with van der Waals surface area (Å²) in [6.45, 7) is 1.38. The van der Waals surface area contributed by atoms with Crippen molar-refractivity contribution >= 4 is 35.9 Å². The number of esters is 1. The number of nitrogens with one attached hydrogen (secondary N) is 2. The van der Waals surface area contributed by atoms with E-state index < -0.39 is 6.04 Å². The number of carbonyl (C=O) groups is 3. The number of amides is 2. The minimum atomic E-state index is -0.540. The summed E-state index contributed by atoms with van der Waals surface area (Å²) in [5.74, 6) is -0.678. The van der Waals surface area contributed by atoms with Gasteiger partial charge in [-0.3, -0.25) is 9.59 Å². The van der Waals surface area contributed by atoms with Crippen LogP contribution in [0.2, 0.25) is 0 Å². The molecule has 0 aromatic heterocycles. The number of ether oxygens (including phenoxy) is 1. The zero-order valence-electron chi connectivity index (χ0n) is 15.4. The molecule has 2 saturated heterocycles. The van der Waals surface area contributed by atoms with E-state index >= 15 is 0 Å². The van der Waals surface area contributed by atoms with Gasteiger partial charge in [0.25, 0.3) is 5.91 Å². The van der Waals surface area contributed by atoms with Crippen LogP contribution in [0.4, 0.5) is 5.69 Å². The maximum absolute atomic E-state index is 12.9. The lowest BCUT2D eigenvalue weighted by atomic mass is 10.0. The van der Waals surface area contributed by atoms with E-state index in [1.165, 1.54) is 7.11 Å². The predicted molar refractivity (Wildman–Crippen MR) is 104 cm³/mol. The molecule has 27 heavy (non-hydrogen) atoms. The van der Waals surface area contributed by atoms with Crippen molar-refractivity contribution in [1.29, 1.82) is 0 Å². The highest BCUT2D eigenvalue weighted by Gasteiger charge is 2.33. The number of anilines is 1. The molecule has 7 nitrogen and oxygen atoms in total. The first-order valence-corrected chi connectivity index (χ1v) is 9.13. The molecule has 8 heteroatoms. The summed E-state index contributed by atoms with van der Waals surface area (Å²) < 4.78 is 4.84. The van der Waals surface area contributed by atoms with Crippen LogP contribution in [0, 0.1) is 0 Å². The Labute approximate surface area is 165 Å². The molecule has 0 saturated carbocycles. The van der Waals surface area contributed by atoms with E-state index in [1.54, 1.807) is 29.2 Å². The van der Waals surface area contributed by atoms with E-state index in [9.17, 15) is 14.4 Å². The fourth-order valence-corrected chi connectivity index (χ4v) is 3.59. The van der Waals surface area contributed by atoms with E-state index in [2.05, 4.69) is 10.6 Å². The molecule has 2 unspecified atom stereocenters. The largest absolute Gasteiger partial charge is 0.467 e. The Bertz CT molecular complexity index is 691. The Morgan fingerprint density at radius 1 is 1.19 bits per heavy atom. The van der Waals surface area contributed by atoms with Crippen molar-refractivity contribution in [2.45, 2.75) is 44.2 Å². The third-order valence-electron chi connectivity index (χ3n) is 4.99. The van der Waals surface area contributed by atoms with Crippen LogP contribution < -0.4 is 10.6 Å². The SMILES string of the molecule is COC(=O)C1CCCCN1C(=O)c1cccc(NC(=O)C2CCCN2)c1.Cl. The fourth-order valence-electron chi connectivity index (χ4n) is 3.59. The number of carbonyl (C=O) groups excluding carboxylic acids is 3. The molecular formula is C19H26ClN3O4. The van der Waals surface area contributed by atoms with Crippen LogP contribution in [-0.2, 0) is 14.3 Å². The number of halogens is 1. The normalized spacial score (nSPS) is 21.9. The van der Waals surface area contributed by atoms with Gasteiger partial charge in [0.1, 0.15) is 6.04 Å². The Balaban J connectivity index is 0.00000261. The van der Waals surface area contributed by atoms with Crippen LogP contribution in [0.25, 0.3) is 0 Å². The number of piperidine rings is 1. The first kappa shape index (κ1) is 21.2. The zero-order chi connectivity index (χ0) is 18.5. The minimum Gasteiger partial charge on any atom is -0.467 e. The van der Waals surface area contributed by atoms with Gasteiger partial charge in [0.2, 0.25) is 5.91 Å². The van der Waals surface area contributed by atoms with Gasteiger partial charge in [-0.05, 0) is 56.8 Å². The van der Waals surface area contributed by atoms with Crippen molar-refractivity contribution in [3.05, 3.63) is 29.8 Å². The Morgan fingerprint density at radius 3 is 2.70 bits per heavy atom. The first-order valence-electron chi connectivity index (χ1n) is 9.13. The van der Waals surface area contributed by atoms with Crippen molar-refractivity contribution in [1.82, 2.24) is 10.2 Å². The highest BCUT2D eigenvalue weighted by Crippen LogP contribution is 2.22. The van der Waals surface area contributed by atoms with Crippen molar-refractivity contribution in [2.24, 2.45) is 0 Å². The average Bonchev–Trinajstić information content (AvgIpc) is 3.22. The molecule has 0 aliphatic carbocycles. The fraction of sp³-hybridized carbons (Fsp3) is 0.526. The molecule has 0 spiro atoms. The molecule has 2 aliphatic rings. The summed E-state index contributed by atoms with van der Waals surface area (Å²) in [6.07, 6.45) is 4.18. The van der Waals surface area contributed by atoms with Crippen LogP contribution in [0.1, 0.15) is 42.5 Å². The summed E-state index contributed by atoms with van der Waals surface area (Å²) >= 11 is 0. The maximum atomic E-state index is 12.9. The second-order valence-electron chi connectivity index (χ2n) is 6.75.